The van der Waals surface area contributed by atoms with Gasteiger partial charge < -0.3 is 85.1 Å². The second-order valence-electron chi connectivity index (χ2n) is 21.1. The van der Waals surface area contributed by atoms with Gasteiger partial charge in [0.15, 0.2) is 11.9 Å². The molecule has 0 aliphatic carbocycles. The number of rotatable bonds is 31. The molecule has 2 aliphatic rings. The van der Waals surface area contributed by atoms with Crippen molar-refractivity contribution in [2.24, 2.45) is 23.1 Å². The number of nitrogens with zero attached hydrogens (tertiary/aromatic N) is 2. The molecular formula is C56H80N16O12. The number of benzene rings is 3. The van der Waals surface area contributed by atoms with Gasteiger partial charge in [-0.1, -0.05) is 68.4 Å². The summed E-state index contributed by atoms with van der Waals surface area (Å²) in [7, 11) is 0. The van der Waals surface area contributed by atoms with Crippen molar-refractivity contribution in [2.75, 3.05) is 45.8 Å². The molecule has 0 aromatic heterocycles. The van der Waals surface area contributed by atoms with Crippen LogP contribution in [0.4, 0.5) is 0 Å². The minimum atomic E-state index is -1.35. The average Bonchev–Trinajstić information content (AvgIpc) is 4.37. The molecule has 0 saturated carbocycles. The van der Waals surface area contributed by atoms with Gasteiger partial charge >= 0.3 is 5.97 Å². The number of carboxylic acids is 1. The summed E-state index contributed by atoms with van der Waals surface area (Å²) < 4.78 is 0. The molecule has 9 amide bonds. The van der Waals surface area contributed by atoms with E-state index in [2.05, 4.69) is 47.9 Å². The lowest BCUT2D eigenvalue weighted by atomic mass is 10.00. The van der Waals surface area contributed by atoms with Crippen LogP contribution in [0.3, 0.4) is 0 Å². The van der Waals surface area contributed by atoms with Crippen molar-refractivity contribution in [3.63, 3.8) is 0 Å². The number of carboxylic acid groups (broad SMARTS) is 1. The number of carbonyl (C=O) groups excluding carboxylic acids is 9. The second kappa shape index (κ2) is 32.5. The van der Waals surface area contributed by atoms with E-state index < -0.39 is 114 Å². The Kier molecular flexibility index (Phi) is 25.5. The van der Waals surface area contributed by atoms with Crippen molar-refractivity contribution in [3.8, 4) is 5.75 Å². The first-order valence-corrected chi connectivity index (χ1v) is 28.0. The first-order valence-electron chi connectivity index (χ1n) is 28.0. The van der Waals surface area contributed by atoms with Crippen LogP contribution in [0.25, 0.3) is 10.8 Å². The highest BCUT2D eigenvalue weighted by atomic mass is 16.4. The minimum absolute atomic E-state index is 0.0327. The molecule has 28 nitrogen and oxygen atoms in total. The number of hydrogen-bond acceptors (Lipinski definition) is 14. The third-order valence-corrected chi connectivity index (χ3v) is 14.3. The second-order valence-corrected chi connectivity index (χ2v) is 21.1. The normalized spacial score (nSPS) is 16.4. The Morgan fingerprint density at radius 2 is 1.17 bits per heavy atom. The summed E-state index contributed by atoms with van der Waals surface area (Å²) in [5.74, 6) is -8.54. The number of likely N-dealkylation sites (tertiary alicyclic amines) is 2. The molecule has 0 spiro atoms. The maximum atomic E-state index is 14.4. The lowest BCUT2D eigenvalue weighted by molar-refractivity contribution is -0.149. The van der Waals surface area contributed by atoms with Gasteiger partial charge in [0, 0.05) is 52.0 Å². The molecule has 19 N–H and O–H groups in total. The van der Waals surface area contributed by atoms with Crippen LogP contribution in [0.5, 0.6) is 5.75 Å². The molecule has 0 bridgehead atoms. The molecule has 456 valence electrons. The van der Waals surface area contributed by atoms with Gasteiger partial charge in [0.25, 0.3) is 0 Å². The summed E-state index contributed by atoms with van der Waals surface area (Å²) in [5, 5.41) is 60.7. The summed E-state index contributed by atoms with van der Waals surface area (Å²) >= 11 is 0. The molecule has 3 aromatic rings. The fourth-order valence-corrected chi connectivity index (χ4v) is 9.92. The highest BCUT2D eigenvalue weighted by molar-refractivity contribution is 5.97. The molecule has 2 saturated heterocycles. The smallest absolute Gasteiger partial charge is 0.326 e. The monoisotopic (exact) mass is 1170 g/mol. The molecule has 28 heteroatoms. The van der Waals surface area contributed by atoms with Crippen LogP contribution >= 0.6 is 0 Å². The Morgan fingerprint density at radius 1 is 0.607 bits per heavy atom. The van der Waals surface area contributed by atoms with Gasteiger partial charge in [-0.3, -0.25) is 54.0 Å². The number of amides is 9. The third kappa shape index (κ3) is 20.4. The molecule has 7 atom stereocenters. The third-order valence-electron chi connectivity index (χ3n) is 14.3. The number of phenolic OH excluding ortho intramolecular Hbond substituents is 1. The van der Waals surface area contributed by atoms with Crippen molar-refractivity contribution < 1.29 is 58.2 Å². The zero-order chi connectivity index (χ0) is 61.5. The largest absolute Gasteiger partial charge is 0.508 e. The van der Waals surface area contributed by atoms with Crippen LogP contribution in [0.1, 0.15) is 82.8 Å². The van der Waals surface area contributed by atoms with Gasteiger partial charge in [0.05, 0.1) is 13.1 Å². The molecule has 84 heavy (non-hydrogen) atoms. The Hall–Kier alpha value is -9.08. The van der Waals surface area contributed by atoms with E-state index in [0.29, 0.717) is 24.0 Å². The van der Waals surface area contributed by atoms with Crippen LogP contribution in [0.15, 0.2) is 66.7 Å². The Labute approximate surface area is 486 Å². The van der Waals surface area contributed by atoms with Crippen molar-refractivity contribution in [2.45, 2.75) is 127 Å². The first-order chi connectivity index (χ1) is 40.0. The van der Waals surface area contributed by atoms with E-state index in [1.165, 1.54) is 34.1 Å². The number of nitrogens with two attached hydrogens (primary N) is 3. The van der Waals surface area contributed by atoms with E-state index >= 15 is 0 Å². The number of fused-ring (bicyclic) bond motifs is 1. The maximum Gasteiger partial charge on any atom is 0.326 e. The summed E-state index contributed by atoms with van der Waals surface area (Å²) in [5.41, 5.74) is 17.5. The SMILES string of the molecule is CC(C)[C@@H](NC(=O)[C@H](CCCNC(=N)N)NC(=O)[C@@H](Cc1ccc(O)cc1)NC(=O)[C@@H]1CCCN1C(=O)CNC(=O)CN)C(=O)NCCC(=O)N[C@H](Cc1ccc2ccccc2c1)C(=O)N[C@@H](CCCNC(=N)N)C(=O)N1CCC[C@H]1C(=O)O. The van der Waals surface area contributed by atoms with Crippen molar-refractivity contribution >= 4 is 81.8 Å². The van der Waals surface area contributed by atoms with Crippen LogP contribution in [0, 0.1) is 16.7 Å². The van der Waals surface area contributed by atoms with E-state index in [1.54, 1.807) is 19.9 Å². The van der Waals surface area contributed by atoms with Crippen molar-refractivity contribution in [3.05, 3.63) is 77.9 Å². The van der Waals surface area contributed by atoms with Gasteiger partial charge in [-0.2, -0.15) is 0 Å². The summed E-state index contributed by atoms with van der Waals surface area (Å²) in [6.07, 6.45) is 1.30. The topological polar surface area (TPSA) is 452 Å². The number of aliphatic carboxylic acids is 1. The van der Waals surface area contributed by atoms with Gasteiger partial charge in [-0.05, 0) is 91.3 Å². The highest BCUT2D eigenvalue weighted by Gasteiger charge is 2.40. The Morgan fingerprint density at radius 3 is 1.79 bits per heavy atom. The summed E-state index contributed by atoms with van der Waals surface area (Å²) in [6, 6.07) is 10.4. The van der Waals surface area contributed by atoms with Crippen LogP contribution in [-0.4, -0.2) is 179 Å². The zero-order valence-corrected chi connectivity index (χ0v) is 47.3. The lowest BCUT2D eigenvalue weighted by Crippen LogP contribution is -2.59. The first kappa shape index (κ1) is 65.7. The number of aromatic hydroxyl groups is 1. The van der Waals surface area contributed by atoms with E-state index in [1.807, 2.05) is 36.4 Å². The van der Waals surface area contributed by atoms with Gasteiger partial charge in [-0.25, -0.2) is 4.79 Å². The summed E-state index contributed by atoms with van der Waals surface area (Å²) in [6.45, 7) is 2.97. The minimum Gasteiger partial charge on any atom is -0.508 e. The van der Waals surface area contributed by atoms with E-state index in [9.17, 15) is 58.2 Å². The molecule has 2 heterocycles. The van der Waals surface area contributed by atoms with E-state index in [-0.39, 0.29) is 115 Å². The quantitative estimate of drug-likeness (QED) is 0.0181. The predicted octanol–water partition coefficient (Wildman–Crippen LogP) is -2.42. The number of guanidine groups is 2. The Bertz CT molecular complexity index is 2850. The van der Waals surface area contributed by atoms with Crippen LogP contribution < -0.4 is 65.1 Å². The maximum absolute atomic E-state index is 14.4. The van der Waals surface area contributed by atoms with E-state index in [0.717, 1.165) is 10.8 Å². The number of phenols is 1. The van der Waals surface area contributed by atoms with Gasteiger partial charge in [-0.15, -0.1) is 0 Å². The zero-order valence-electron chi connectivity index (χ0n) is 47.3. The van der Waals surface area contributed by atoms with Gasteiger partial charge in [0.1, 0.15) is 48.0 Å². The highest BCUT2D eigenvalue weighted by Crippen LogP contribution is 2.22. The number of nitrogens with one attached hydrogen (secondary N) is 11. The van der Waals surface area contributed by atoms with Crippen molar-refractivity contribution in [1.82, 2.24) is 57.7 Å². The van der Waals surface area contributed by atoms with Crippen molar-refractivity contribution in [1.29, 1.82) is 10.8 Å². The number of hydrogen-bond donors (Lipinski definition) is 16. The molecule has 3 aromatic carbocycles. The number of carbonyl (C=O) groups is 10. The molecule has 0 radical (unpaired) electrons. The molecular weight excluding hydrogens is 1090 g/mol. The standard InChI is InChI=1S/C56H80N16O12/c1-32(2)47(70-48(77)38(11-5-22-63-55(58)59)67-50(79)41(28-33-16-19-37(73)20-17-33)69-51(80)42-13-7-25-71(42)46(76)31-65-45(75)30-57)52(81)62-24-21-44(74)66-40(29-34-15-18-35-9-3-4-10-36(35)27-34)49(78)68-39(12-6-23-64-56(60)61)53(82)72-26-8-14-43(72)54(83)84/h3-4,9-10,15-20,27,32,38-43,47,73H,5-8,11-14,21-26,28-31,57H2,1-2H3,(H,62,81)(H,65,75)(H,66,74)(H,67,79)(H,68,78)(H,69,80)(H,70,77)(H,83,84)(H4,58,59,63)(H4,60,61,64)/t38-,39-,40+,41+,42-,43-,47+/m0/s1. The van der Waals surface area contributed by atoms with E-state index in [4.69, 9.17) is 28.0 Å². The molecule has 2 aliphatic heterocycles. The fourth-order valence-electron chi connectivity index (χ4n) is 9.92. The average molecular weight is 1170 g/mol. The lowest BCUT2D eigenvalue weighted by Gasteiger charge is -2.29. The fraction of sp³-hybridized carbons (Fsp3) is 0.500. The summed E-state index contributed by atoms with van der Waals surface area (Å²) in [4.78, 5) is 138. The van der Waals surface area contributed by atoms with Crippen LogP contribution in [-0.2, 0) is 60.8 Å². The van der Waals surface area contributed by atoms with Crippen LogP contribution in [0.2, 0.25) is 0 Å². The van der Waals surface area contributed by atoms with Gasteiger partial charge in [0.2, 0.25) is 53.2 Å². The molecule has 5 rings (SSSR count). The Balaban J connectivity index is 1.29. The molecule has 0 unspecified atom stereocenters. The molecule has 2 fully saturated rings. The predicted molar refractivity (Wildman–Crippen MR) is 309 cm³/mol.